The molecule has 160 valence electrons. The van der Waals surface area contributed by atoms with Crippen molar-refractivity contribution >= 4 is 0 Å². The number of aromatic hydroxyl groups is 1. The third-order valence-electron chi connectivity index (χ3n) is 5.83. The second-order valence-corrected chi connectivity index (χ2v) is 9.27. The zero-order valence-electron chi connectivity index (χ0n) is 18.0. The summed E-state index contributed by atoms with van der Waals surface area (Å²) in [6.07, 6.45) is 12.3. The quantitative estimate of drug-likeness (QED) is 0.360. The molecule has 1 unspecified atom stereocenters. The molecule has 0 spiro atoms. The summed E-state index contributed by atoms with van der Waals surface area (Å²) in [4.78, 5) is 0. The number of rotatable bonds is 15. The topological polar surface area (TPSA) is 75.7 Å². The van der Waals surface area contributed by atoms with Crippen LogP contribution in [-0.4, -0.2) is 29.0 Å². The number of nitrogens with two attached hydrogens (primary N) is 1. The summed E-state index contributed by atoms with van der Waals surface area (Å²) >= 11 is 0. The predicted octanol–water partition coefficient (Wildman–Crippen LogP) is 5.19. The SMILES string of the molecule is CC(C)CCCCCCCOc1ccc(CCC(N)(CO)CC2CC2)cc1O. The minimum absolute atomic E-state index is 0.0220. The Balaban J connectivity index is 1.65. The zero-order chi connectivity index (χ0) is 20.4. The standard InChI is InChI=1S/C24H41NO3/c1-19(2)8-6-4-3-5-7-15-28-23-12-11-20(16-22(23)27)13-14-24(25,18-26)17-21-9-10-21/h11-12,16,19,21,26-27H,3-10,13-15,17-18,25H2,1-2H3. The van der Waals surface area contributed by atoms with E-state index in [4.69, 9.17) is 10.5 Å². The van der Waals surface area contributed by atoms with Gasteiger partial charge in [-0.2, -0.15) is 0 Å². The van der Waals surface area contributed by atoms with Gasteiger partial charge in [-0.25, -0.2) is 0 Å². The molecular weight excluding hydrogens is 350 g/mol. The Morgan fingerprint density at radius 1 is 1.14 bits per heavy atom. The van der Waals surface area contributed by atoms with Crippen molar-refractivity contribution in [2.75, 3.05) is 13.2 Å². The predicted molar refractivity (Wildman–Crippen MR) is 116 cm³/mol. The highest BCUT2D eigenvalue weighted by Crippen LogP contribution is 2.37. The minimum atomic E-state index is -0.499. The number of hydrogen-bond donors (Lipinski definition) is 3. The van der Waals surface area contributed by atoms with Gasteiger partial charge in [-0.3, -0.25) is 0 Å². The molecule has 0 heterocycles. The normalized spacial score (nSPS) is 16.3. The molecule has 4 nitrogen and oxygen atoms in total. The van der Waals surface area contributed by atoms with Crippen molar-refractivity contribution in [3.63, 3.8) is 0 Å². The van der Waals surface area contributed by atoms with Gasteiger partial charge in [0.05, 0.1) is 13.2 Å². The Kier molecular flexibility index (Phi) is 9.60. The maximum atomic E-state index is 10.3. The summed E-state index contributed by atoms with van der Waals surface area (Å²) in [5.74, 6) is 2.25. The van der Waals surface area contributed by atoms with Gasteiger partial charge in [-0.1, -0.05) is 64.9 Å². The molecule has 28 heavy (non-hydrogen) atoms. The molecule has 0 radical (unpaired) electrons. The Morgan fingerprint density at radius 3 is 2.50 bits per heavy atom. The molecule has 0 saturated heterocycles. The molecule has 1 aliphatic rings. The summed E-state index contributed by atoms with van der Waals surface area (Å²) in [5, 5.41) is 19.9. The largest absolute Gasteiger partial charge is 0.504 e. The van der Waals surface area contributed by atoms with Crippen LogP contribution in [0.15, 0.2) is 18.2 Å². The number of ether oxygens (including phenoxy) is 1. The molecule has 1 atom stereocenters. The highest BCUT2D eigenvalue weighted by atomic mass is 16.5. The van der Waals surface area contributed by atoms with E-state index in [9.17, 15) is 10.2 Å². The van der Waals surface area contributed by atoms with E-state index in [1.54, 1.807) is 6.07 Å². The van der Waals surface area contributed by atoms with Gasteiger partial charge < -0.3 is 20.7 Å². The van der Waals surface area contributed by atoms with E-state index in [1.807, 2.05) is 12.1 Å². The second kappa shape index (κ2) is 11.7. The van der Waals surface area contributed by atoms with E-state index >= 15 is 0 Å². The monoisotopic (exact) mass is 391 g/mol. The lowest BCUT2D eigenvalue weighted by molar-refractivity contribution is 0.172. The molecule has 0 bridgehead atoms. The fourth-order valence-electron chi connectivity index (χ4n) is 3.74. The van der Waals surface area contributed by atoms with Crippen LogP contribution in [0, 0.1) is 11.8 Å². The summed E-state index contributed by atoms with van der Waals surface area (Å²) in [6.45, 7) is 5.22. The second-order valence-electron chi connectivity index (χ2n) is 9.27. The van der Waals surface area contributed by atoms with Gasteiger partial charge in [0, 0.05) is 5.54 Å². The molecule has 4 heteroatoms. The van der Waals surface area contributed by atoms with Crippen molar-refractivity contribution < 1.29 is 14.9 Å². The maximum Gasteiger partial charge on any atom is 0.160 e. The van der Waals surface area contributed by atoms with E-state index in [0.29, 0.717) is 18.3 Å². The average Bonchev–Trinajstić information content (AvgIpc) is 3.47. The molecule has 1 saturated carbocycles. The number of phenolic OH excluding ortho intramolecular Hbond substituents is 1. The molecule has 1 fully saturated rings. The summed E-state index contributed by atoms with van der Waals surface area (Å²) in [7, 11) is 0. The first kappa shape index (κ1) is 23.0. The van der Waals surface area contributed by atoms with Crippen LogP contribution in [0.25, 0.3) is 0 Å². The Morgan fingerprint density at radius 2 is 1.86 bits per heavy atom. The van der Waals surface area contributed by atoms with Crippen molar-refractivity contribution in [1.29, 1.82) is 0 Å². The van der Waals surface area contributed by atoms with E-state index in [2.05, 4.69) is 13.8 Å². The summed E-state index contributed by atoms with van der Waals surface area (Å²) in [6, 6.07) is 5.62. The average molecular weight is 392 g/mol. The van der Waals surface area contributed by atoms with Gasteiger partial charge in [0.25, 0.3) is 0 Å². The first-order chi connectivity index (χ1) is 13.4. The van der Waals surface area contributed by atoms with E-state index in [1.165, 1.54) is 44.9 Å². The van der Waals surface area contributed by atoms with Crippen molar-refractivity contribution in [1.82, 2.24) is 0 Å². The van der Waals surface area contributed by atoms with E-state index in [-0.39, 0.29) is 12.4 Å². The lowest BCUT2D eigenvalue weighted by Gasteiger charge is -2.27. The van der Waals surface area contributed by atoms with Crippen molar-refractivity contribution in [3.05, 3.63) is 23.8 Å². The highest BCUT2D eigenvalue weighted by molar-refractivity contribution is 5.41. The fourth-order valence-corrected chi connectivity index (χ4v) is 3.74. The van der Waals surface area contributed by atoms with Gasteiger partial charge in [0.15, 0.2) is 11.5 Å². The fraction of sp³-hybridized carbons (Fsp3) is 0.750. The van der Waals surface area contributed by atoms with Crippen LogP contribution in [0.3, 0.4) is 0 Å². The van der Waals surface area contributed by atoms with E-state index < -0.39 is 5.54 Å². The van der Waals surface area contributed by atoms with Crippen molar-refractivity contribution in [2.45, 2.75) is 90.0 Å². The number of benzene rings is 1. The number of hydrogen-bond acceptors (Lipinski definition) is 4. The van der Waals surface area contributed by atoms with Gasteiger partial charge >= 0.3 is 0 Å². The number of aliphatic hydroxyl groups is 1. The Bertz CT molecular complexity index is 571. The number of unbranched alkanes of at least 4 members (excludes halogenated alkanes) is 4. The summed E-state index contributed by atoms with van der Waals surface area (Å²) < 4.78 is 5.75. The van der Waals surface area contributed by atoms with Gasteiger partial charge in [-0.15, -0.1) is 0 Å². The number of aliphatic hydroxyl groups excluding tert-OH is 1. The molecule has 1 aliphatic carbocycles. The van der Waals surface area contributed by atoms with Gasteiger partial charge in [0.1, 0.15) is 0 Å². The van der Waals surface area contributed by atoms with Crippen LogP contribution in [0.2, 0.25) is 0 Å². The molecule has 4 N–H and O–H groups in total. The third-order valence-corrected chi connectivity index (χ3v) is 5.83. The molecule has 1 aromatic carbocycles. The maximum absolute atomic E-state index is 10.3. The van der Waals surface area contributed by atoms with Crippen LogP contribution in [0.1, 0.15) is 83.6 Å². The molecule has 0 aliphatic heterocycles. The number of aryl methyl sites for hydroxylation is 1. The first-order valence-electron chi connectivity index (χ1n) is 11.3. The highest BCUT2D eigenvalue weighted by Gasteiger charge is 2.33. The van der Waals surface area contributed by atoms with Crippen LogP contribution in [0.4, 0.5) is 0 Å². The molecule has 1 aromatic rings. The van der Waals surface area contributed by atoms with E-state index in [0.717, 1.165) is 37.2 Å². The van der Waals surface area contributed by atoms with Crippen LogP contribution >= 0.6 is 0 Å². The van der Waals surface area contributed by atoms with Crippen LogP contribution < -0.4 is 10.5 Å². The van der Waals surface area contributed by atoms with Crippen LogP contribution in [-0.2, 0) is 6.42 Å². The molecular formula is C24H41NO3. The van der Waals surface area contributed by atoms with Gasteiger partial charge in [0.2, 0.25) is 0 Å². The first-order valence-corrected chi connectivity index (χ1v) is 11.3. The van der Waals surface area contributed by atoms with Crippen LogP contribution in [0.5, 0.6) is 11.5 Å². The lowest BCUT2D eigenvalue weighted by Crippen LogP contribution is -2.44. The number of phenols is 1. The molecule has 2 rings (SSSR count). The Hall–Kier alpha value is -1.26. The smallest absolute Gasteiger partial charge is 0.160 e. The minimum Gasteiger partial charge on any atom is -0.504 e. The lowest BCUT2D eigenvalue weighted by atomic mass is 9.88. The third kappa shape index (κ3) is 8.83. The molecule has 0 aromatic heterocycles. The Labute approximate surface area is 171 Å². The van der Waals surface area contributed by atoms with Crippen molar-refractivity contribution in [2.24, 2.45) is 17.6 Å². The van der Waals surface area contributed by atoms with Crippen molar-refractivity contribution in [3.8, 4) is 11.5 Å². The van der Waals surface area contributed by atoms with Gasteiger partial charge in [-0.05, 0) is 55.2 Å². The molecule has 0 amide bonds. The zero-order valence-corrected chi connectivity index (χ0v) is 18.0. The summed E-state index contributed by atoms with van der Waals surface area (Å²) in [5.41, 5.74) is 6.89.